The van der Waals surface area contributed by atoms with Crippen LogP contribution in [0.4, 0.5) is 0 Å². The summed E-state index contributed by atoms with van der Waals surface area (Å²) in [7, 11) is 5.86. The Balaban J connectivity index is 2.26. The summed E-state index contributed by atoms with van der Waals surface area (Å²) in [5.74, 6) is -0.909. The van der Waals surface area contributed by atoms with Gasteiger partial charge in [0.2, 0.25) is 0 Å². The molecule has 1 aliphatic heterocycles. The highest BCUT2D eigenvalue weighted by atomic mass is 35.5. The van der Waals surface area contributed by atoms with Crippen LogP contribution < -0.4 is 14.2 Å². The maximum atomic E-state index is 13.1. The second kappa shape index (κ2) is 9.93. The average Bonchev–Trinajstić information content (AvgIpc) is 3.06. The normalized spacial score (nSPS) is 17.5. The van der Waals surface area contributed by atoms with Crippen molar-refractivity contribution in [2.75, 3.05) is 41.6 Å². The topological polar surface area (TPSA) is 94.5 Å². The Morgan fingerprint density at radius 2 is 1.75 bits per heavy atom. The van der Waals surface area contributed by atoms with E-state index < -0.39 is 23.5 Å². The van der Waals surface area contributed by atoms with Crippen molar-refractivity contribution in [2.24, 2.45) is 0 Å². The third-order valence-electron chi connectivity index (χ3n) is 5.21. The number of hydrogen-bond donors (Lipinski definition) is 1. The summed E-state index contributed by atoms with van der Waals surface area (Å²) >= 11 is 6.18. The van der Waals surface area contributed by atoms with Crippen LogP contribution in [-0.4, -0.2) is 63.3 Å². The number of benzene rings is 2. The van der Waals surface area contributed by atoms with Gasteiger partial charge in [-0.1, -0.05) is 23.7 Å². The van der Waals surface area contributed by atoms with Gasteiger partial charge in [-0.2, -0.15) is 0 Å². The highest BCUT2D eigenvalue weighted by Crippen LogP contribution is 2.43. The first-order chi connectivity index (χ1) is 15.4. The monoisotopic (exact) mass is 461 g/mol. The number of rotatable bonds is 8. The first-order valence-corrected chi connectivity index (χ1v) is 10.1. The van der Waals surface area contributed by atoms with Gasteiger partial charge in [-0.05, 0) is 23.8 Å². The van der Waals surface area contributed by atoms with Crippen LogP contribution in [0, 0.1) is 0 Å². The second-order valence-corrected chi connectivity index (χ2v) is 7.36. The number of hydrogen-bond acceptors (Lipinski definition) is 7. The number of halogens is 1. The van der Waals surface area contributed by atoms with Gasteiger partial charge in [0, 0.05) is 19.7 Å². The van der Waals surface area contributed by atoms with Gasteiger partial charge in [0.1, 0.15) is 23.0 Å². The van der Waals surface area contributed by atoms with Gasteiger partial charge < -0.3 is 29.0 Å². The number of aliphatic hydroxyl groups is 1. The first-order valence-electron chi connectivity index (χ1n) is 9.71. The van der Waals surface area contributed by atoms with Crippen molar-refractivity contribution in [2.45, 2.75) is 6.04 Å². The van der Waals surface area contributed by atoms with E-state index in [0.29, 0.717) is 11.3 Å². The van der Waals surface area contributed by atoms with Gasteiger partial charge in [0.15, 0.2) is 0 Å². The molecule has 9 heteroatoms. The highest BCUT2D eigenvalue weighted by molar-refractivity contribution is 6.46. The predicted molar refractivity (Wildman–Crippen MR) is 118 cm³/mol. The number of ether oxygens (including phenoxy) is 4. The first kappa shape index (κ1) is 23.4. The molecule has 1 saturated heterocycles. The smallest absolute Gasteiger partial charge is 0.295 e. The van der Waals surface area contributed by atoms with Gasteiger partial charge in [0.25, 0.3) is 11.7 Å². The fourth-order valence-electron chi connectivity index (χ4n) is 3.65. The number of likely N-dealkylation sites (tertiary alicyclic amines) is 1. The van der Waals surface area contributed by atoms with Crippen LogP contribution in [0.25, 0.3) is 5.76 Å². The molecule has 2 aromatic carbocycles. The maximum absolute atomic E-state index is 13.1. The van der Waals surface area contributed by atoms with Gasteiger partial charge in [-0.15, -0.1) is 0 Å². The molecule has 1 aliphatic rings. The van der Waals surface area contributed by atoms with Crippen LogP contribution in [0.2, 0.25) is 5.02 Å². The van der Waals surface area contributed by atoms with E-state index in [0.717, 1.165) is 0 Å². The maximum Gasteiger partial charge on any atom is 0.295 e. The second-order valence-electron chi connectivity index (χ2n) is 6.95. The van der Waals surface area contributed by atoms with Crippen LogP contribution in [0.3, 0.4) is 0 Å². The number of amides is 1. The van der Waals surface area contributed by atoms with Crippen LogP contribution in [0.1, 0.15) is 17.2 Å². The molecule has 0 saturated carbocycles. The van der Waals surface area contributed by atoms with E-state index in [9.17, 15) is 14.7 Å². The Kier molecular flexibility index (Phi) is 7.27. The lowest BCUT2D eigenvalue weighted by Crippen LogP contribution is -2.32. The van der Waals surface area contributed by atoms with Crippen LogP contribution in [-0.2, 0) is 14.3 Å². The predicted octanol–water partition coefficient (Wildman–Crippen LogP) is 3.43. The van der Waals surface area contributed by atoms with Gasteiger partial charge in [-0.25, -0.2) is 0 Å². The molecule has 2 aromatic rings. The van der Waals surface area contributed by atoms with Crippen LogP contribution >= 0.6 is 11.6 Å². The molecular weight excluding hydrogens is 438 g/mol. The molecule has 1 fully saturated rings. The Bertz CT molecular complexity index is 1070. The summed E-state index contributed by atoms with van der Waals surface area (Å²) in [6.45, 7) is 0.367. The molecule has 1 N–H and O–H groups in total. The molecule has 0 aliphatic carbocycles. The van der Waals surface area contributed by atoms with Crippen molar-refractivity contribution in [3.05, 3.63) is 58.1 Å². The highest BCUT2D eigenvalue weighted by Gasteiger charge is 2.46. The fourth-order valence-corrected chi connectivity index (χ4v) is 3.88. The molecule has 1 atom stereocenters. The Morgan fingerprint density at radius 1 is 1.03 bits per heavy atom. The van der Waals surface area contributed by atoms with E-state index in [2.05, 4.69) is 0 Å². The molecular formula is C23H24ClNO7. The lowest BCUT2D eigenvalue weighted by atomic mass is 9.94. The molecule has 170 valence electrons. The van der Waals surface area contributed by atoms with Gasteiger partial charge in [0.05, 0.1) is 50.1 Å². The molecule has 0 radical (unpaired) electrons. The average molecular weight is 462 g/mol. The van der Waals surface area contributed by atoms with E-state index in [1.807, 2.05) is 0 Å². The molecule has 0 aromatic heterocycles. The quantitative estimate of drug-likeness (QED) is 0.365. The van der Waals surface area contributed by atoms with Crippen molar-refractivity contribution in [1.29, 1.82) is 0 Å². The summed E-state index contributed by atoms with van der Waals surface area (Å²) < 4.78 is 21.0. The minimum absolute atomic E-state index is 0.0815. The van der Waals surface area contributed by atoms with Crippen molar-refractivity contribution >= 4 is 29.1 Å². The van der Waals surface area contributed by atoms with Crippen molar-refractivity contribution in [1.82, 2.24) is 4.90 Å². The van der Waals surface area contributed by atoms with Crippen LogP contribution in [0.15, 0.2) is 42.0 Å². The molecule has 8 nitrogen and oxygen atoms in total. The number of ketones is 1. The number of carbonyl (C=O) groups excluding carboxylic acids is 2. The molecule has 0 spiro atoms. The molecule has 0 bridgehead atoms. The zero-order valence-corrected chi connectivity index (χ0v) is 18.9. The van der Waals surface area contributed by atoms with Crippen molar-refractivity contribution in [3.63, 3.8) is 0 Å². The number of nitrogens with zero attached hydrogens (tertiary/aromatic N) is 1. The summed E-state index contributed by atoms with van der Waals surface area (Å²) in [6.07, 6.45) is 0. The lowest BCUT2D eigenvalue weighted by Gasteiger charge is -2.25. The largest absolute Gasteiger partial charge is 0.507 e. The summed E-state index contributed by atoms with van der Waals surface area (Å²) in [4.78, 5) is 27.3. The van der Waals surface area contributed by atoms with Gasteiger partial charge >= 0.3 is 0 Å². The summed E-state index contributed by atoms with van der Waals surface area (Å²) in [6, 6.07) is 9.04. The molecule has 32 heavy (non-hydrogen) atoms. The Hall–Kier alpha value is -3.23. The number of carbonyl (C=O) groups is 2. The molecule has 3 rings (SSSR count). The zero-order valence-electron chi connectivity index (χ0n) is 18.2. The number of aliphatic hydroxyl groups excluding tert-OH is 1. The molecule has 1 unspecified atom stereocenters. The minimum Gasteiger partial charge on any atom is -0.507 e. The van der Waals surface area contributed by atoms with E-state index >= 15 is 0 Å². The number of Topliss-reactive ketones (excluding diaryl/α,β-unsaturated/α-hetero) is 1. The lowest BCUT2D eigenvalue weighted by molar-refractivity contribution is -0.140. The van der Waals surface area contributed by atoms with E-state index in [1.165, 1.54) is 45.5 Å². The van der Waals surface area contributed by atoms with Crippen molar-refractivity contribution < 1.29 is 33.6 Å². The Morgan fingerprint density at radius 3 is 2.38 bits per heavy atom. The van der Waals surface area contributed by atoms with Crippen molar-refractivity contribution in [3.8, 4) is 17.2 Å². The third-order valence-corrected chi connectivity index (χ3v) is 5.51. The standard InChI is InChI=1S/C23H24ClNO7/c1-29-9-8-25-20(13-6-5-7-14(10-13)30-2)19(22(27)23(25)28)21(26)15-11-18(32-4)16(24)12-17(15)31-3/h5-7,10-12,20,26H,8-9H2,1-4H3/b21-19+. The zero-order chi connectivity index (χ0) is 23.4. The minimum atomic E-state index is -0.855. The molecule has 1 amide bonds. The van der Waals surface area contributed by atoms with Crippen LogP contribution in [0.5, 0.6) is 17.2 Å². The number of methoxy groups -OCH3 is 4. The van der Waals surface area contributed by atoms with E-state index in [1.54, 1.807) is 24.3 Å². The summed E-state index contributed by atoms with van der Waals surface area (Å²) in [5, 5.41) is 11.5. The molecule has 1 heterocycles. The van der Waals surface area contributed by atoms with E-state index in [-0.39, 0.29) is 40.8 Å². The third kappa shape index (κ3) is 4.24. The fraction of sp³-hybridized carbons (Fsp3) is 0.304. The SMILES string of the molecule is COCCN1C(=O)C(=O)/C(=C(/O)c2cc(OC)c(Cl)cc2OC)C1c1cccc(OC)c1. The Labute approximate surface area is 190 Å². The van der Waals surface area contributed by atoms with Gasteiger partial charge in [-0.3, -0.25) is 9.59 Å². The van der Waals surface area contributed by atoms with E-state index in [4.69, 9.17) is 30.5 Å². The summed E-state index contributed by atoms with van der Waals surface area (Å²) in [5.41, 5.74) is 0.689.